The van der Waals surface area contributed by atoms with E-state index in [-0.39, 0.29) is 5.41 Å². The lowest BCUT2D eigenvalue weighted by molar-refractivity contribution is 0.0319. The Bertz CT molecular complexity index is 677. The zero-order valence-electron chi connectivity index (χ0n) is 15.1. The lowest BCUT2D eigenvalue weighted by atomic mass is 9.50. The van der Waals surface area contributed by atoms with Crippen LogP contribution in [0.1, 0.15) is 93.9 Å². The predicted octanol–water partition coefficient (Wildman–Crippen LogP) is 5.77. The molecule has 126 valence electrons. The SMILES string of the molecule is CCCc1ccc(C23CCC(CCC)(CC2)CC3)c(C#N)c1C#N. The highest BCUT2D eigenvalue weighted by Gasteiger charge is 2.49. The summed E-state index contributed by atoms with van der Waals surface area (Å²) in [5.41, 5.74) is 4.26. The summed E-state index contributed by atoms with van der Waals surface area (Å²) in [6.45, 7) is 4.42. The molecule has 0 radical (unpaired) electrons. The molecule has 3 aliphatic carbocycles. The average Bonchev–Trinajstić information content (AvgIpc) is 2.63. The first kappa shape index (κ1) is 17.0. The van der Waals surface area contributed by atoms with Crippen LogP contribution < -0.4 is 0 Å². The molecule has 2 heteroatoms. The van der Waals surface area contributed by atoms with Gasteiger partial charge in [-0.3, -0.25) is 0 Å². The lowest BCUT2D eigenvalue weighted by Gasteiger charge is -2.54. The third-order valence-electron chi connectivity index (χ3n) is 6.79. The van der Waals surface area contributed by atoms with Crippen molar-refractivity contribution in [3.05, 3.63) is 34.4 Å². The van der Waals surface area contributed by atoms with E-state index < -0.39 is 0 Å². The van der Waals surface area contributed by atoms with E-state index in [1.54, 1.807) is 0 Å². The van der Waals surface area contributed by atoms with Crippen LogP contribution in [-0.4, -0.2) is 0 Å². The smallest absolute Gasteiger partial charge is 0.101 e. The second kappa shape index (κ2) is 6.60. The molecule has 0 heterocycles. The Kier molecular flexibility index (Phi) is 4.69. The van der Waals surface area contributed by atoms with E-state index in [2.05, 4.69) is 38.1 Å². The van der Waals surface area contributed by atoms with E-state index in [9.17, 15) is 10.5 Å². The molecule has 3 saturated carbocycles. The highest BCUT2D eigenvalue weighted by Crippen LogP contribution is 2.60. The average molecular weight is 320 g/mol. The summed E-state index contributed by atoms with van der Waals surface area (Å²) in [7, 11) is 0. The zero-order valence-corrected chi connectivity index (χ0v) is 15.1. The van der Waals surface area contributed by atoms with Gasteiger partial charge in [-0.25, -0.2) is 0 Å². The van der Waals surface area contributed by atoms with Crippen molar-refractivity contribution >= 4 is 0 Å². The Balaban J connectivity index is 2.00. The second-order valence-electron chi connectivity index (χ2n) is 8.03. The number of nitriles is 2. The van der Waals surface area contributed by atoms with Gasteiger partial charge in [-0.05, 0) is 73.3 Å². The summed E-state index contributed by atoms with van der Waals surface area (Å²) in [5, 5.41) is 19.5. The van der Waals surface area contributed by atoms with E-state index >= 15 is 0 Å². The minimum absolute atomic E-state index is 0.150. The predicted molar refractivity (Wildman–Crippen MR) is 96.6 cm³/mol. The molecule has 0 aromatic heterocycles. The Morgan fingerprint density at radius 1 is 0.875 bits per heavy atom. The second-order valence-corrected chi connectivity index (χ2v) is 8.03. The van der Waals surface area contributed by atoms with Crippen molar-refractivity contribution in [1.82, 2.24) is 0 Å². The van der Waals surface area contributed by atoms with Gasteiger partial charge >= 0.3 is 0 Å². The van der Waals surface area contributed by atoms with Crippen LogP contribution >= 0.6 is 0 Å². The fraction of sp³-hybridized carbons (Fsp3) is 0.636. The molecule has 0 N–H and O–H groups in total. The van der Waals surface area contributed by atoms with Crippen LogP contribution in [0.4, 0.5) is 0 Å². The molecule has 0 saturated heterocycles. The first-order valence-electron chi connectivity index (χ1n) is 9.60. The summed E-state index contributed by atoms with van der Waals surface area (Å²) >= 11 is 0. The van der Waals surface area contributed by atoms with Crippen molar-refractivity contribution in [3.8, 4) is 12.1 Å². The van der Waals surface area contributed by atoms with Crippen LogP contribution in [0.5, 0.6) is 0 Å². The Morgan fingerprint density at radius 2 is 1.50 bits per heavy atom. The van der Waals surface area contributed by atoms with Crippen LogP contribution in [0.3, 0.4) is 0 Å². The van der Waals surface area contributed by atoms with Crippen molar-refractivity contribution in [2.24, 2.45) is 5.41 Å². The van der Waals surface area contributed by atoms with Gasteiger partial charge in [0.1, 0.15) is 12.1 Å². The lowest BCUT2D eigenvalue weighted by Crippen LogP contribution is -2.44. The third-order valence-corrected chi connectivity index (χ3v) is 6.79. The monoisotopic (exact) mass is 320 g/mol. The van der Waals surface area contributed by atoms with Crippen molar-refractivity contribution < 1.29 is 0 Å². The van der Waals surface area contributed by atoms with E-state index in [1.807, 2.05) is 0 Å². The van der Waals surface area contributed by atoms with Gasteiger partial charge in [0.15, 0.2) is 0 Å². The molecule has 0 amide bonds. The standard InChI is InChI=1S/C22H28N2/c1-3-5-17-6-7-20(19(16-24)18(17)15-23)22-12-9-21(8-4-2,10-13-22)11-14-22/h6-7H,3-5,8-14H2,1-2H3. The highest BCUT2D eigenvalue weighted by atomic mass is 14.5. The maximum atomic E-state index is 9.81. The van der Waals surface area contributed by atoms with Crippen molar-refractivity contribution in [3.63, 3.8) is 0 Å². The summed E-state index contributed by atoms with van der Waals surface area (Å²) < 4.78 is 0. The molecule has 1 aromatic carbocycles. The van der Waals surface area contributed by atoms with Crippen molar-refractivity contribution in [2.75, 3.05) is 0 Å². The van der Waals surface area contributed by atoms with Gasteiger partial charge in [0, 0.05) is 0 Å². The normalized spacial score (nSPS) is 28.3. The molecule has 4 rings (SSSR count). The number of benzene rings is 1. The number of rotatable bonds is 5. The Labute approximate surface area is 146 Å². The molecular weight excluding hydrogens is 292 g/mol. The van der Waals surface area contributed by atoms with Crippen molar-refractivity contribution in [1.29, 1.82) is 10.5 Å². The molecule has 0 spiro atoms. The first-order chi connectivity index (χ1) is 11.6. The molecule has 3 aliphatic rings. The maximum absolute atomic E-state index is 9.81. The third kappa shape index (κ3) is 2.63. The van der Waals surface area contributed by atoms with E-state index in [0.29, 0.717) is 16.5 Å². The van der Waals surface area contributed by atoms with Crippen LogP contribution in [0.25, 0.3) is 0 Å². The molecular formula is C22H28N2. The molecule has 0 aliphatic heterocycles. The topological polar surface area (TPSA) is 47.6 Å². The molecule has 2 bridgehead atoms. The fourth-order valence-corrected chi connectivity index (χ4v) is 5.38. The number of hydrogen-bond acceptors (Lipinski definition) is 2. The van der Waals surface area contributed by atoms with Gasteiger partial charge < -0.3 is 0 Å². The number of aryl methyl sites for hydroxylation is 1. The van der Waals surface area contributed by atoms with Crippen LogP contribution in [0, 0.1) is 28.1 Å². The Morgan fingerprint density at radius 3 is 2.00 bits per heavy atom. The zero-order chi connectivity index (χ0) is 17.2. The minimum atomic E-state index is 0.150. The minimum Gasteiger partial charge on any atom is -0.192 e. The van der Waals surface area contributed by atoms with Crippen molar-refractivity contribution in [2.45, 2.75) is 83.5 Å². The van der Waals surface area contributed by atoms with Crippen LogP contribution in [0.2, 0.25) is 0 Å². The Hall–Kier alpha value is -1.80. The quantitative estimate of drug-likeness (QED) is 0.691. The van der Waals surface area contributed by atoms with Crippen LogP contribution in [-0.2, 0) is 11.8 Å². The van der Waals surface area contributed by atoms with E-state index in [1.165, 1.54) is 56.9 Å². The molecule has 2 nitrogen and oxygen atoms in total. The highest BCUT2D eigenvalue weighted by molar-refractivity contribution is 5.57. The summed E-state index contributed by atoms with van der Waals surface area (Å²) in [4.78, 5) is 0. The van der Waals surface area contributed by atoms with Gasteiger partial charge in [0.05, 0.1) is 11.1 Å². The van der Waals surface area contributed by atoms with E-state index in [4.69, 9.17) is 0 Å². The van der Waals surface area contributed by atoms with Crippen LogP contribution in [0.15, 0.2) is 12.1 Å². The molecule has 3 fully saturated rings. The molecule has 24 heavy (non-hydrogen) atoms. The summed E-state index contributed by atoms with van der Waals surface area (Å²) in [5.74, 6) is 0. The number of nitrogens with zero attached hydrogens (tertiary/aromatic N) is 2. The van der Waals surface area contributed by atoms with E-state index in [0.717, 1.165) is 18.4 Å². The first-order valence-corrected chi connectivity index (χ1v) is 9.60. The fourth-order valence-electron chi connectivity index (χ4n) is 5.38. The molecule has 0 atom stereocenters. The van der Waals surface area contributed by atoms with Gasteiger partial charge in [-0.15, -0.1) is 0 Å². The maximum Gasteiger partial charge on any atom is 0.101 e. The largest absolute Gasteiger partial charge is 0.192 e. The van der Waals surface area contributed by atoms with Gasteiger partial charge in [-0.1, -0.05) is 38.8 Å². The van der Waals surface area contributed by atoms with Gasteiger partial charge in [0.2, 0.25) is 0 Å². The van der Waals surface area contributed by atoms with Gasteiger partial charge in [0.25, 0.3) is 0 Å². The summed E-state index contributed by atoms with van der Waals surface area (Å²) in [6, 6.07) is 9.04. The molecule has 1 aromatic rings. The summed E-state index contributed by atoms with van der Waals surface area (Å²) in [6.07, 6.45) is 12.0. The molecule has 0 unspecified atom stereocenters. The number of fused-ring (bicyclic) bond motifs is 3. The number of hydrogen-bond donors (Lipinski definition) is 0. The van der Waals surface area contributed by atoms with Gasteiger partial charge in [-0.2, -0.15) is 10.5 Å².